The van der Waals surface area contributed by atoms with Crippen molar-refractivity contribution in [3.05, 3.63) is 0 Å². The molecule has 0 bridgehead atoms. The minimum atomic E-state index is -4.67. The van der Waals surface area contributed by atoms with Crippen LogP contribution in [0.5, 0.6) is 0 Å². The van der Waals surface area contributed by atoms with Gasteiger partial charge in [0, 0.05) is 7.11 Å². The van der Waals surface area contributed by atoms with Crippen LogP contribution < -0.4 is 0 Å². The van der Waals surface area contributed by atoms with Crippen molar-refractivity contribution in [2.75, 3.05) is 14.2 Å². The number of ether oxygens (including phenoxy) is 1. The van der Waals surface area contributed by atoms with Crippen LogP contribution in [0.3, 0.4) is 0 Å². The van der Waals surface area contributed by atoms with E-state index >= 15 is 0 Å². The van der Waals surface area contributed by atoms with E-state index in [4.69, 9.17) is 27.7 Å². The van der Waals surface area contributed by atoms with E-state index in [1.807, 2.05) is 20.8 Å². The van der Waals surface area contributed by atoms with E-state index in [9.17, 15) is 9.59 Å². The van der Waals surface area contributed by atoms with E-state index in [-0.39, 0.29) is 17.8 Å². The van der Waals surface area contributed by atoms with Crippen molar-refractivity contribution in [3.63, 3.8) is 0 Å². The first-order valence-corrected chi connectivity index (χ1v) is 7.75. The lowest BCUT2D eigenvalue weighted by atomic mass is 10.1. The molecule has 0 aromatic rings. The van der Waals surface area contributed by atoms with Crippen LogP contribution in [0.1, 0.15) is 40.5 Å². The summed E-state index contributed by atoms with van der Waals surface area (Å²) in [5.74, 6) is -0.949. The molecule has 22 heavy (non-hydrogen) atoms. The van der Waals surface area contributed by atoms with Gasteiger partial charge in [-0.25, -0.2) is 0 Å². The van der Waals surface area contributed by atoms with E-state index in [2.05, 4.69) is 4.74 Å². The highest BCUT2D eigenvalue weighted by Gasteiger charge is 2.08. The number of rotatable bonds is 4. The molecule has 10 heteroatoms. The number of carboxylic acid groups (broad SMARTS) is 1. The Morgan fingerprint density at radius 3 is 1.32 bits per heavy atom. The maximum Gasteiger partial charge on any atom is 0.394 e. The van der Waals surface area contributed by atoms with E-state index < -0.39 is 16.4 Å². The Kier molecular flexibility index (Phi) is 23.4. The Balaban J connectivity index is -0.000000107. The molecule has 0 radical (unpaired) electrons. The molecule has 2 atom stereocenters. The van der Waals surface area contributed by atoms with E-state index in [0.717, 1.165) is 20.0 Å². The zero-order valence-corrected chi connectivity index (χ0v) is 14.6. The maximum atomic E-state index is 10.5. The van der Waals surface area contributed by atoms with Crippen LogP contribution >= 0.6 is 0 Å². The maximum absolute atomic E-state index is 10.5. The molecule has 0 rings (SSSR count). The largest absolute Gasteiger partial charge is 0.481 e. The summed E-state index contributed by atoms with van der Waals surface area (Å²) in [7, 11) is -2.26. The number of carbonyl (C=O) groups excluding carboxylic acids is 1. The van der Waals surface area contributed by atoms with Gasteiger partial charge in [-0.1, -0.05) is 27.7 Å². The van der Waals surface area contributed by atoms with Crippen molar-refractivity contribution < 1.29 is 42.1 Å². The Labute approximate surface area is 131 Å². The highest BCUT2D eigenvalue weighted by molar-refractivity contribution is 7.79. The van der Waals surface area contributed by atoms with Crippen molar-refractivity contribution in [2.24, 2.45) is 11.8 Å². The molecule has 0 aromatic carbocycles. The average Bonchev–Trinajstić information content (AvgIpc) is 2.45. The molecular weight excluding hydrogens is 320 g/mol. The molecule has 0 aromatic heterocycles. The van der Waals surface area contributed by atoms with Crippen LogP contribution in [0.25, 0.3) is 0 Å². The highest BCUT2D eigenvalue weighted by Crippen LogP contribution is 2.00. The first-order valence-electron chi connectivity index (χ1n) is 6.35. The molecule has 2 unspecified atom stereocenters. The summed E-state index contributed by atoms with van der Waals surface area (Å²) in [6, 6.07) is 0. The molecule has 0 spiro atoms. The van der Waals surface area contributed by atoms with Gasteiger partial charge in [-0.15, -0.1) is 0 Å². The summed E-state index contributed by atoms with van der Waals surface area (Å²) < 4.78 is 36.0. The highest BCUT2D eigenvalue weighted by atomic mass is 32.3. The van der Waals surface area contributed by atoms with Crippen LogP contribution in [-0.2, 0) is 24.7 Å². The lowest BCUT2D eigenvalue weighted by Gasteiger charge is -2.02. The fraction of sp³-hybridized carbons (Fsp3) is 0.833. The molecule has 9 nitrogen and oxygen atoms in total. The zero-order chi connectivity index (χ0) is 18.9. The summed E-state index contributed by atoms with van der Waals surface area (Å²) >= 11 is 0. The van der Waals surface area contributed by atoms with Gasteiger partial charge in [-0.05, 0) is 12.8 Å². The third-order valence-corrected chi connectivity index (χ3v) is 2.25. The lowest BCUT2D eigenvalue weighted by molar-refractivity contribution is -0.145. The molecular formula is C12H28O9S. The van der Waals surface area contributed by atoms with Gasteiger partial charge >= 0.3 is 22.3 Å². The normalized spacial score (nSPS) is 11.9. The monoisotopic (exact) mass is 348 g/mol. The van der Waals surface area contributed by atoms with E-state index in [1.165, 1.54) is 7.11 Å². The van der Waals surface area contributed by atoms with Crippen molar-refractivity contribution in [2.45, 2.75) is 40.5 Å². The molecule has 0 aliphatic rings. The van der Waals surface area contributed by atoms with E-state index in [0.29, 0.717) is 0 Å². The van der Waals surface area contributed by atoms with Gasteiger partial charge in [0.15, 0.2) is 0 Å². The van der Waals surface area contributed by atoms with Crippen LogP contribution in [0.15, 0.2) is 0 Å². The number of carbonyl (C=O) groups is 2. The predicted octanol–water partition coefficient (Wildman–Crippen LogP) is 1.28. The summed E-state index contributed by atoms with van der Waals surface area (Å²) in [5.41, 5.74) is 0. The Bertz CT molecular complexity index is 357. The summed E-state index contributed by atoms with van der Waals surface area (Å²) in [4.78, 5) is 20.5. The molecule has 0 amide bonds. The molecule has 0 heterocycles. The van der Waals surface area contributed by atoms with Crippen LogP contribution in [0.4, 0.5) is 0 Å². The number of hydrogen-bond acceptors (Lipinski definition) is 6. The van der Waals surface area contributed by atoms with Crippen molar-refractivity contribution in [3.8, 4) is 0 Å². The first-order chi connectivity index (χ1) is 9.90. The van der Waals surface area contributed by atoms with Gasteiger partial charge < -0.3 is 14.9 Å². The smallest absolute Gasteiger partial charge is 0.394 e. The SMILES string of the molecule is CCC(C)C(=O)O.CCC(C)C(=O)OC.CO.O=S(=O)(O)O. The van der Waals surface area contributed by atoms with Crippen molar-refractivity contribution >= 4 is 22.3 Å². The lowest BCUT2D eigenvalue weighted by Crippen LogP contribution is -2.10. The first kappa shape index (κ1) is 28.9. The number of aliphatic hydroxyl groups excluding tert-OH is 1. The number of aliphatic carboxylic acids is 1. The summed E-state index contributed by atoms with van der Waals surface area (Å²) in [5, 5.41) is 15.2. The standard InChI is InChI=1S/C6H12O2.C5H10O2.CH4O.H2O4S/c1-4-5(2)6(7)8-3;1-3-4(2)5(6)7;1-2;1-5(2,3)4/h5H,4H2,1-3H3;4H,3H2,1-2H3,(H,6,7);2H,1H3;(H2,1,2,3,4). The third kappa shape index (κ3) is 36.3. The Morgan fingerprint density at radius 1 is 1.00 bits per heavy atom. The molecule has 0 fully saturated rings. The quantitative estimate of drug-likeness (QED) is 0.433. The Morgan fingerprint density at radius 2 is 1.27 bits per heavy atom. The van der Waals surface area contributed by atoms with Gasteiger partial charge in [0.25, 0.3) is 0 Å². The van der Waals surface area contributed by atoms with Gasteiger partial charge in [0.1, 0.15) is 0 Å². The van der Waals surface area contributed by atoms with Crippen molar-refractivity contribution in [1.29, 1.82) is 0 Å². The number of aliphatic hydroxyl groups is 1. The Hall–Kier alpha value is -1.23. The summed E-state index contributed by atoms with van der Waals surface area (Å²) in [6.45, 7) is 7.37. The van der Waals surface area contributed by atoms with Gasteiger partial charge in [0.05, 0.1) is 18.9 Å². The van der Waals surface area contributed by atoms with Gasteiger partial charge in [-0.2, -0.15) is 8.42 Å². The number of methoxy groups -OCH3 is 1. The molecule has 136 valence electrons. The second-order valence-corrected chi connectivity index (χ2v) is 4.82. The minimum Gasteiger partial charge on any atom is -0.481 e. The molecule has 4 N–H and O–H groups in total. The predicted molar refractivity (Wildman–Crippen MR) is 80.9 cm³/mol. The molecule has 0 aliphatic carbocycles. The second kappa shape index (κ2) is 17.8. The van der Waals surface area contributed by atoms with Crippen LogP contribution in [0.2, 0.25) is 0 Å². The fourth-order valence-electron chi connectivity index (χ4n) is 0.542. The third-order valence-electron chi connectivity index (χ3n) is 2.25. The minimum absolute atomic E-state index is 0.0556. The van der Waals surface area contributed by atoms with Gasteiger partial charge in [0.2, 0.25) is 0 Å². The zero-order valence-electron chi connectivity index (χ0n) is 13.8. The molecule has 0 saturated carbocycles. The van der Waals surface area contributed by atoms with Gasteiger partial charge in [-0.3, -0.25) is 18.7 Å². The van der Waals surface area contributed by atoms with Crippen LogP contribution in [0, 0.1) is 11.8 Å². The number of hydrogen-bond donors (Lipinski definition) is 4. The number of carboxylic acids is 1. The topological polar surface area (TPSA) is 158 Å². The summed E-state index contributed by atoms with van der Waals surface area (Å²) in [6.07, 6.45) is 1.57. The molecule has 0 saturated heterocycles. The second-order valence-electron chi connectivity index (χ2n) is 3.93. The average molecular weight is 348 g/mol. The van der Waals surface area contributed by atoms with Crippen LogP contribution in [-0.4, -0.2) is 53.9 Å². The molecule has 0 aliphatic heterocycles. The van der Waals surface area contributed by atoms with Crippen molar-refractivity contribution in [1.82, 2.24) is 0 Å². The van der Waals surface area contributed by atoms with E-state index in [1.54, 1.807) is 6.92 Å². The number of esters is 1. The fourth-order valence-corrected chi connectivity index (χ4v) is 0.542.